The van der Waals surface area contributed by atoms with Crippen LogP contribution in [0.5, 0.6) is 0 Å². The molecule has 0 aromatic rings. The largest absolute Gasteiger partial charge is 0.466 e. The Balaban J connectivity index is 0.000000292. The summed E-state index contributed by atoms with van der Waals surface area (Å²) in [5, 5.41) is 9.92. The number of hydrogen-bond donors (Lipinski definition) is 3. The Morgan fingerprint density at radius 1 is 1.50 bits per heavy atom. The molecule has 1 fully saturated rings. The lowest BCUT2D eigenvalue weighted by Crippen LogP contribution is -2.23. The first-order valence-corrected chi connectivity index (χ1v) is 4.86. The summed E-state index contributed by atoms with van der Waals surface area (Å²) in [7, 11) is -4.64. The van der Waals surface area contributed by atoms with Crippen molar-refractivity contribution in [2.24, 2.45) is 0 Å². The first-order chi connectivity index (χ1) is 6.22. The van der Waals surface area contributed by atoms with Gasteiger partial charge in [-0.1, -0.05) is 0 Å². The Bertz CT molecular complexity index is 262. The molecule has 10 heteroatoms. The van der Waals surface area contributed by atoms with E-state index in [0.717, 1.165) is 0 Å². The molecule has 9 nitrogen and oxygen atoms in total. The van der Waals surface area contributed by atoms with Crippen LogP contribution < -0.4 is 0 Å². The second-order valence-electron chi connectivity index (χ2n) is 2.27. The Morgan fingerprint density at radius 2 is 1.93 bits per heavy atom. The van der Waals surface area contributed by atoms with Gasteiger partial charge < -0.3 is 19.4 Å². The third kappa shape index (κ3) is 6.49. The first-order valence-electron chi connectivity index (χ1n) is 3.30. The topological polar surface area (TPSA) is 147 Å². The molecule has 1 heterocycles. The molecular weight excluding hydrogens is 221 g/mol. The first kappa shape index (κ1) is 13.0. The molecule has 0 saturated carbocycles. The van der Waals surface area contributed by atoms with Crippen molar-refractivity contribution in [1.82, 2.24) is 0 Å². The summed E-state index contributed by atoms with van der Waals surface area (Å²) >= 11 is 0. The maximum atomic E-state index is 10.4. The zero-order valence-electron chi connectivity index (χ0n) is 6.77. The highest BCUT2D eigenvalue weighted by Gasteiger charge is 2.36. The van der Waals surface area contributed by atoms with E-state index in [9.17, 15) is 14.9 Å². The number of ether oxygens (including phenoxy) is 1. The minimum atomic E-state index is -4.64. The minimum Gasteiger partial charge on any atom is -0.460 e. The van der Waals surface area contributed by atoms with Crippen LogP contribution in [0.15, 0.2) is 0 Å². The van der Waals surface area contributed by atoms with E-state index in [2.05, 4.69) is 4.74 Å². The fraction of sp³-hybridized carbons (Fsp3) is 0.750. The highest BCUT2D eigenvalue weighted by atomic mass is 31.2. The number of nitro groups is 1. The lowest BCUT2D eigenvalue weighted by Gasteiger charge is -1.92. The number of hydrogen-bond acceptors (Lipinski definition) is 5. The van der Waals surface area contributed by atoms with Crippen LogP contribution in [0.3, 0.4) is 0 Å². The Morgan fingerprint density at radius 3 is 2.07 bits per heavy atom. The number of carbonyl (C=O) groups is 1. The van der Waals surface area contributed by atoms with Crippen molar-refractivity contribution in [2.45, 2.75) is 12.5 Å². The summed E-state index contributed by atoms with van der Waals surface area (Å²) in [6.07, 6.45) is 0.214. The van der Waals surface area contributed by atoms with Gasteiger partial charge in [0, 0.05) is 4.92 Å². The summed E-state index contributed by atoms with van der Waals surface area (Å²) < 4.78 is 13.2. The molecule has 1 atom stereocenters. The average molecular weight is 229 g/mol. The summed E-state index contributed by atoms with van der Waals surface area (Å²) in [4.78, 5) is 41.2. The lowest BCUT2D eigenvalue weighted by atomic mass is 10.3. The van der Waals surface area contributed by atoms with Crippen LogP contribution in [0.1, 0.15) is 6.42 Å². The number of rotatable bonds is 1. The third-order valence-electron chi connectivity index (χ3n) is 1.16. The molecule has 0 bridgehead atoms. The molecule has 3 N–H and O–H groups in total. The van der Waals surface area contributed by atoms with Crippen LogP contribution in [0, 0.1) is 10.1 Å². The van der Waals surface area contributed by atoms with Crippen LogP contribution in [-0.2, 0) is 14.1 Å². The van der Waals surface area contributed by atoms with Crippen molar-refractivity contribution in [3.8, 4) is 0 Å². The monoisotopic (exact) mass is 229 g/mol. The predicted molar refractivity (Wildman–Crippen MR) is 40.6 cm³/mol. The molecule has 0 aromatic carbocycles. The van der Waals surface area contributed by atoms with Crippen molar-refractivity contribution >= 4 is 13.8 Å². The molecule has 1 saturated heterocycles. The summed E-state index contributed by atoms with van der Waals surface area (Å²) in [5.74, 6) is -0.708. The quantitative estimate of drug-likeness (QED) is 0.216. The van der Waals surface area contributed by atoms with Gasteiger partial charge in [-0.25, -0.2) is 9.36 Å². The Hall–Kier alpha value is -1.02. The molecule has 0 spiro atoms. The second-order valence-corrected chi connectivity index (χ2v) is 3.30. The molecule has 0 radical (unpaired) electrons. The third-order valence-corrected chi connectivity index (χ3v) is 1.16. The lowest BCUT2D eigenvalue weighted by molar-refractivity contribution is -0.506. The highest BCUT2D eigenvalue weighted by molar-refractivity contribution is 7.45. The van der Waals surface area contributed by atoms with Gasteiger partial charge >= 0.3 is 19.8 Å². The van der Waals surface area contributed by atoms with E-state index in [1.165, 1.54) is 0 Å². The number of esters is 1. The van der Waals surface area contributed by atoms with Gasteiger partial charge in [0.15, 0.2) is 0 Å². The molecule has 0 aromatic heterocycles. The SMILES string of the molecule is O=C1OCCC1[N+](=O)[O-].O=P(O)(O)O. The van der Waals surface area contributed by atoms with E-state index in [1.54, 1.807) is 0 Å². The molecule has 0 aliphatic carbocycles. The van der Waals surface area contributed by atoms with E-state index in [-0.39, 0.29) is 13.0 Å². The number of cyclic esters (lactones) is 1. The van der Waals surface area contributed by atoms with Gasteiger partial charge in [0.05, 0.1) is 13.0 Å². The van der Waals surface area contributed by atoms with Gasteiger partial charge in [0.25, 0.3) is 0 Å². The summed E-state index contributed by atoms with van der Waals surface area (Å²) in [6.45, 7) is 0.185. The average Bonchev–Trinajstić information content (AvgIpc) is 2.30. The smallest absolute Gasteiger partial charge is 0.460 e. The second kappa shape index (κ2) is 5.01. The van der Waals surface area contributed by atoms with E-state index in [0.29, 0.717) is 0 Å². The minimum absolute atomic E-state index is 0.185. The van der Waals surface area contributed by atoms with Gasteiger partial charge in [-0.2, -0.15) is 0 Å². The van der Waals surface area contributed by atoms with Crippen molar-refractivity contribution in [1.29, 1.82) is 0 Å². The molecule has 14 heavy (non-hydrogen) atoms. The van der Waals surface area contributed by atoms with Crippen molar-refractivity contribution in [2.75, 3.05) is 6.61 Å². The van der Waals surface area contributed by atoms with Crippen LogP contribution in [-0.4, -0.2) is 38.2 Å². The van der Waals surface area contributed by atoms with Gasteiger partial charge in [-0.15, -0.1) is 0 Å². The normalized spacial score (nSPS) is 20.8. The molecule has 1 aliphatic rings. The standard InChI is InChI=1S/C4H5NO4.H3O4P/c6-4-3(5(7)8)1-2-9-4;1-5(2,3)4/h3H,1-2H2;(H3,1,2,3,4). The molecule has 1 unspecified atom stereocenters. The number of nitrogens with zero attached hydrogens (tertiary/aromatic N) is 1. The predicted octanol–water partition coefficient (Wildman–Crippen LogP) is -1.35. The number of carbonyl (C=O) groups excluding carboxylic acids is 1. The van der Waals surface area contributed by atoms with E-state index < -0.39 is 24.8 Å². The number of phosphoric acid groups is 1. The maximum Gasteiger partial charge on any atom is 0.466 e. The van der Waals surface area contributed by atoms with E-state index in [4.69, 9.17) is 19.2 Å². The zero-order valence-corrected chi connectivity index (χ0v) is 7.66. The van der Waals surface area contributed by atoms with Crippen molar-refractivity contribution < 1.29 is 33.7 Å². The fourth-order valence-corrected chi connectivity index (χ4v) is 0.677. The van der Waals surface area contributed by atoms with Gasteiger partial charge in [0.2, 0.25) is 0 Å². The van der Waals surface area contributed by atoms with Crippen molar-refractivity contribution in [3.63, 3.8) is 0 Å². The van der Waals surface area contributed by atoms with Gasteiger partial charge in [-0.3, -0.25) is 10.1 Å². The molecule has 1 aliphatic heterocycles. The van der Waals surface area contributed by atoms with Crippen LogP contribution in [0.25, 0.3) is 0 Å². The van der Waals surface area contributed by atoms with Crippen LogP contribution in [0.4, 0.5) is 0 Å². The molecule has 82 valence electrons. The summed E-state index contributed by atoms with van der Waals surface area (Å²) in [5.41, 5.74) is 0. The molecule has 1 rings (SSSR count). The van der Waals surface area contributed by atoms with Crippen molar-refractivity contribution in [3.05, 3.63) is 10.1 Å². The Kier molecular flexibility index (Phi) is 4.64. The fourth-order valence-electron chi connectivity index (χ4n) is 0.677. The van der Waals surface area contributed by atoms with E-state index >= 15 is 0 Å². The zero-order chi connectivity index (χ0) is 11.4. The summed E-state index contributed by atoms with van der Waals surface area (Å²) in [6, 6.07) is -1.11. The molecule has 0 amide bonds. The van der Waals surface area contributed by atoms with Crippen LogP contribution >= 0.6 is 7.82 Å². The van der Waals surface area contributed by atoms with Gasteiger partial charge in [-0.05, 0) is 0 Å². The Labute approximate surface area is 77.7 Å². The maximum absolute atomic E-state index is 10.4. The van der Waals surface area contributed by atoms with Crippen LogP contribution in [0.2, 0.25) is 0 Å². The molecular formula is C4H8NO8P. The highest BCUT2D eigenvalue weighted by Crippen LogP contribution is 2.25. The van der Waals surface area contributed by atoms with Gasteiger partial charge in [0.1, 0.15) is 0 Å². The van der Waals surface area contributed by atoms with E-state index in [1.807, 2.05) is 0 Å².